The van der Waals surface area contributed by atoms with Crippen LogP contribution >= 0.6 is 0 Å². The molecule has 19 heavy (non-hydrogen) atoms. The predicted octanol–water partition coefficient (Wildman–Crippen LogP) is 1.42. The number of aryl methyl sites for hydroxylation is 1. The number of rotatable bonds is 6. The number of amides is 1. The van der Waals surface area contributed by atoms with Gasteiger partial charge in [0.25, 0.3) is 0 Å². The molecule has 0 spiro atoms. The third kappa shape index (κ3) is 4.31. The van der Waals surface area contributed by atoms with Crippen LogP contribution in [0.25, 0.3) is 0 Å². The number of hydrogen-bond acceptors (Lipinski definition) is 5. The van der Waals surface area contributed by atoms with Gasteiger partial charge < -0.3 is 14.6 Å². The fourth-order valence-electron chi connectivity index (χ4n) is 1.95. The first kappa shape index (κ1) is 14.0. The lowest BCUT2D eigenvalue weighted by Gasteiger charge is -2.09. The van der Waals surface area contributed by atoms with Crippen LogP contribution in [-0.2, 0) is 16.0 Å². The number of nitrogens with zero attached hydrogens (tertiary/aromatic N) is 2. The summed E-state index contributed by atoms with van der Waals surface area (Å²) in [4.78, 5) is 15.9. The second-order valence-corrected chi connectivity index (χ2v) is 5.14. The van der Waals surface area contributed by atoms with Crippen LogP contribution in [0.5, 0.6) is 0 Å². The molecule has 6 heteroatoms. The van der Waals surface area contributed by atoms with Crippen molar-refractivity contribution in [3.63, 3.8) is 0 Å². The second kappa shape index (κ2) is 6.65. The first-order chi connectivity index (χ1) is 9.15. The molecule has 6 nitrogen and oxygen atoms in total. The highest BCUT2D eigenvalue weighted by Gasteiger charge is 2.16. The normalized spacial score (nSPS) is 19.0. The summed E-state index contributed by atoms with van der Waals surface area (Å²) >= 11 is 0. The molecule has 1 aromatic rings. The van der Waals surface area contributed by atoms with Crippen molar-refractivity contribution in [3.8, 4) is 0 Å². The molecule has 2 heterocycles. The van der Waals surface area contributed by atoms with E-state index in [1.54, 1.807) is 0 Å². The van der Waals surface area contributed by atoms with Crippen molar-refractivity contribution >= 4 is 5.91 Å². The maximum Gasteiger partial charge on any atom is 0.227 e. The summed E-state index contributed by atoms with van der Waals surface area (Å²) in [7, 11) is 0. The van der Waals surface area contributed by atoms with Gasteiger partial charge in [-0.3, -0.25) is 4.79 Å². The van der Waals surface area contributed by atoms with Crippen molar-refractivity contribution in [1.82, 2.24) is 15.5 Å². The van der Waals surface area contributed by atoms with Gasteiger partial charge in [0.15, 0.2) is 5.82 Å². The van der Waals surface area contributed by atoms with Gasteiger partial charge in [0.1, 0.15) is 0 Å². The first-order valence-corrected chi connectivity index (χ1v) is 6.86. The Morgan fingerprint density at radius 2 is 2.37 bits per heavy atom. The molecule has 1 saturated heterocycles. The number of carbonyl (C=O) groups excluding carboxylic acids is 1. The highest BCUT2D eigenvalue weighted by atomic mass is 16.5. The summed E-state index contributed by atoms with van der Waals surface area (Å²) in [6.45, 7) is 5.41. The van der Waals surface area contributed by atoms with Crippen molar-refractivity contribution in [3.05, 3.63) is 11.7 Å². The van der Waals surface area contributed by atoms with Crippen LogP contribution in [0.4, 0.5) is 0 Å². The molecule has 0 aliphatic carbocycles. The Balaban J connectivity index is 1.67. The molecule has 1 atom stereocenters. The van der Waals surface area contributed by atoms with Crippen molar-refractivity contribution in [1.29, 1.82) is 0 Å². The Bertz CT molecular complexity index is 411. The maximum atomic E-state index is 11.7. The second-order valence-electron chi connectivity index (χ2n) is 5.14. The Kier molecular flexibility index (Phi) is 4.90. The third-order valence-electron chi connectivity index (χ3n) is 3.12. The van der Waals surface area contributed by atoms with Crippen LogP contribution in [0, 0.1) is 0 Å². The van der Waals surface area contributed by atoms with Gasteiger partial charge in [-0.2, -0.15) is 4.98 Å². The molecule has 0 bridgehead atoms. The van der Waals surface area contributed by atoms with E-state index in [1.807, 2.05) is 13.8 Å². The summed E-state index contributed by atoms with van der Waals surface area (Å²) in [6.07, 6.45) is 3.14. The Morgan fingerprint density at radius 1 is 1.53 bits per heavy atom. The van der Waals surface area contributed by atoms with E-state index in [9.17, 15) is 4.79 Å². The predicted molar refractivity (Wildman–Crippen MR) is 68.7 cm³/mol. The average Bonchev–Trinajstić information content (AvgIpc) is 3.05. The molecule has 1 aromatic heterocycles. The van der Waals surface area contributed by atoms with Crippen LogP contribution in [0.1, 0.15) is 50.7 Å². The van der Waals surface area contributed by atoms with Gasteiger partial charge in [-0.25, -0.2) is 0 Å². The highest BCUT2D eigenvalue weighted by Crippen LogP contribution is 2.11. The lowest BCUT2D eigenvalue weighted by atomic mass is 10.2. The molecule has 1 unspecified atom stereocenters. The lowest BCUT2D eigenvalue weighted by molar-refractivity contribution is -0.121. The maximum absolute atomic E-state index is 11.7. The molecule has 1 N–H and O–H groups in total. The zero-order valence-electron chi connectivity index (χ0n) is 11.5. The summed E-state index contributed by atoms with van der Waals surface area (Å²) in [6, 6.07) is 0. The molecular weight excluding hydrogens is 246 g/mol. The summed E-state index contributed by atoms with van der Waals surface area (Å²) in [5, 5.41) is 6.74. The van der Waals surface area contributed by atoms with Crippen molar-refractivity contribution in [2.75, 3.05) is 13.2 Å². The van der Waals surface area contributed by atoms with Gasteiger partial charge in [-0.05, 0) is 12.8 Å². The van der Waals surface area contributed by atoms with E-state index < -0.39 is 0 Å². The molecule has 0 radical (unpaired) electrons. The molecule has 1 aliphatic rings. The average molecular weight is 267 g/mol. The zero-order chi connectivity index (χ0) is 13.7. The van der Waals surface area contributed by atoms with Crippen molar-refractivity contribution < 1.29 is 14.1 Å². The zero-order valence-corrected chi connectivity index (χ0v) is 11.5. The molecule has 106 valence electrons. The monoisotopic (exact) mass is 267 g/mol. The van der Waals surface area contributed by atoms with E-state index in [-0.39, 0.29) is 17.9 Å². The van der Waals surface area contributed by atoms with E-state index in [1.165, 1.54) is 0 Å². The Morgan fingerprint density at radius 3 is 3.00 bits per heavy atom. The largest absolute Gasteiger partial charge is 0.376 e. The minimum atomic E-state index is -0.000188. The van der Waals surface area contributed by atoms with Crippen molar-refractivity contribution in [2.45, 2.75) is 51.6 Å². The standard InChI is InChI=1S/C13H21N3O3/c1-9(2)13-15-12(19-16-13)6-5-11(17)14-8-10-4-3-7-18-10/h9-10H,3-8H2,1-2H3,(H,14,17). The fraction of sp³-hybridized carbons (Fsp3) is 0.769. The minimum Gasteiger partial charge on any atom is -0.376 e. The van der Waals surface area contributed by atoms with E-state index in [4.69, 9.17) is 9.26 Å². The Labute approximate surface area is 112 Å². The van der Waals surface area contributed by atoms with E-state index in [0.29, 0.717) is 31.1 Å². The molecule has 1 fully saturated rings. The van der Waals surface area contributed by atoms with Crippen LogP contribution in [0.2, 0.25) is 0 Å². The number of ether oxygens (including phenoxy) is 1. The minimum absolute atomic E-state index is 0.000188. The summed E-state index contributed by atoms with van der Waals surface area (Å²) in [5.74, 6) is 1.45. The molecule has 1 aliphatic heterocycles. The van der Waals surface area contributed by atoms with Gasteiger partial charge in [0.05, 0.1) is 6.10 Å². The number of aromatic nitrogens is 2. The highest BCUT2D eigenvalue weighted by molar-refractivity contribution is 5.76. The molecule has 2 rings (SSSR count). The van der Waals surface area contributed by atoms with Gasteiger partial charge in [-0.15, -0.1) is 0 Å². The number of carbonyl (C=O) groups is 1. The van der Waals surface area contributed by atoms with E-state index in [0.717, 1.165) is 19.4 Å². The smallest absolute Gasteiger partial charge is 0.227 e. The van der Waals surface area contributed by atoms with E-state index >= 15 is 0 Å². The molecule has 0 saturated carbocycles. The van der Waals surface area contributed by atoms with Crippen LogP contribution in [0.3, 0.4) is 0 Å². The van der Waals surface area contributed by atoms with Crippen LogP contribution < -0.4 is 5.32 Å². The summed E-state index contributed by atoms with van der Waals surface area (Å²) in [5.41, 5.74) is 0. The van der Waals surface area contributed by atoms with Gasteiger partial charge >= 0.3 is 0 Å². The van der Waals surface area contributed by atoms with Gasteiger partial charge in [0, 0.05) is 31.9 Å². The molecule has 0 aromatic carbocycles. The fourth-order valence-corrected chi connectivity index (χ4v) is 1.95. The van der Waals surface area contributed by atoms with Crippen LogP contribution in [0.15, 0.2) is 4.52 Å². The number of nitrogens with one attached hydrogen (secondary N) is 1. The lowest BCUT2D eigenvalue weighted by Crippen LogP contribution is -2.31. The van der Waals surface area contributed by atoms with Gasteiger partial charge in [-0.1, -0.05) is 19.0 Å². The molecular formula is C13H21N3O3. The molecule has 1 amide bonds. The first-order valence-electron chi connectivity index (χ1n) is 6.86. The third-order valence-corrected chi connectivity index (χ3v) is 3.12. The SMILES string of the molecule is CC(C)c1noc(CCC(=O)NCC2CCCO2)n1. The Hall–Kier alpha value is -1.43. The van der Waals surface area contributed by atoms with E-state index in [2.05, 4.69) is 15.5 Å². The topological polar surface area (TPSA) is 77.2 Å². The summed E-state index contributed by atoms with van der Waals surface area (Å²) < 4.78 is 10.5. The van der Waals surface area contributed by atoms with Crippen molar-refractivity contribution in [2.24, 2.45) is 0 Å². The number of hydrogen-bond donors (Lipinski definition) is 1. The van der Waals surface area contributed by atoms with Gasteiger partial charge in [0.2, 0.25) is 11.8 Å². The quantitative estimate of drug-likeness (QED) is 0.843. The van der Waals surface area contributed by atoms with Crippen LogP contribution in [-0.4, -0.2) is 35.3 Å².